The molecule has 0 heterocycles. The van der Waals surface area contributed by atoms with E-state index in [2.05, 4.69) is 0 Å². The van der Waals surface area contributed by atoms with Gasteiger partial charge in [-0.25, -0.2) is 0 Å². The second kappa shape index (κ2) is 7.82. The molecule has 1 rings (SSSR count). The van der Waals surface area contributed by atoms with Crippen LogP contribution in [0.15, 0.2) is 0 Å². The van der Waals surface area contributed by atoms with Crippen LogP contribution < -0.4 is 0 Å². The molecule has 0 radical (unpaired) electrons. The highest BCUT2D eigenvalue weighted by molar-refractivity contribution is 6.20. The number of unbranched alkanes of at least 4 members (excludes halogenated alkanes) is 1. The van der Waals surface area contributed by atoms with Crippen molar-refractivity contribution >= 4 is 23.2 Å². The van der Waals surface area contributed by atoms with E-state index in [1.807, 2.05) is 0 Å². The summed E-state index contributed by atoms with van der Waals surface area (Å²) >= 11 is 11.9. The summed E-state index contributed by atoms with van der Waals surface area (Å²) in [6.07, 6.45) is 11.8. The van der Waals surface area contributed by atoms with Gasteiger partial charge in [-0.1, -0.05) is 38.5 Å². The minimum absolute atomic E-state index is 0.404. The summed E-state index contributed by atoms with van der Waals surface area (Å²) in [6.45, 7) is 0. The smallest absolute Gasteiger partial charge is 0.0338 e. The molecule has 0 aromatic heterocycles. The zero-order valence-corrected chi connectivity index (χ0v) is 10.5. The third-order valence-corrected chi connectivity index (χ3v) is 3.88. The Morgan fingerprint density at radius 2 is 1.79 bits per heavy atom. The van der Waals surface area contributed by atoms with Crippen molar-refractivity contribution in [1.82, 2.24) is 0 Å². The summed E-state index contributed by atoms with van der Waals surface area (Å²) < 4.78 is 0. The maximum absolute atomic E-state index is 6.31. The van der Waals surface area contributed by atoms with Crippen LogP contribution in [-0.2, 0) is 0 Å². The second-order valence-corrected chi connectivity index (χ2v) is 5.52. The molecule has 1 aliphatic carbocycles. The zero-order valence-electron chi connectivity index (χ0n) is 8.98. The van der Waals surface area contributed by atoms with Crippen molar-refractivity contribution in [2.45, 2.75) is 63.2 Å². The van der Waals surface area contributed by atoms with Gasteiger partial charge >= 0.3 is 0 Å². The molecule has 1 aliphatic rings. The van der Waals surface area contributed by atoms with Gasteiger partial charge in [0.25, 0.3) is 0 Å². The Hall–Kier alpha value is 0.580. The second-order valence-electron chi connectivity index (χ2n) is 4.52. The molecule has 0 amide bonds. The standard InChI is InChI=1S/C12H22Cl2/c13-9-5-4-8-12(14)10-11-6-2-1-3-7-11/h11-12H,1-10H2. The maximum atomic E-state index is 6.31. The average Bonchev–Trinajstić information content (AvgIpc) is 2.20. The number of rotatable bonds is 6. The normalized spacial score (nSPS) is 21.0. The molecule has 0 nitrogen and oxygen atoms in total. The highest BCUT2D eigenvalue weighted by Crippen LogP contribution is 2.29. The lowest BCUT2D eigenvalue weighted by Gasteiger charge is -2.23. The van der Waals surface area contributed by atoms with E-state index >= 15 is 0 Å². The average molecular weight is 237 g/mol. The van der Waals surface area contributed by atoms with Crippen LogP contribution in [0.4, 0.5) is 0 Å². The van der Waals surface area contributed by atoms with Crippen LogP contribution >= 0.6 is 23.2 Å². The Bertz CT molecular complexity index is 130. The first-order valence-electron chi connectivity index (χ1n) is 6.03. The minimum Gasteiger partial charge on any atom is -0.127 e. The monoisotopic (exact) mass is 236 g/mol. The SMILES string of the molecule is ClCCCCC(Cl)CC1CCCCC1. The molecule has 84 valence electrons. The van der Waals surface area contributed by atoms with E-state index in [1.54, 1.807) is 0 Å². The van der Waals surface area contributed by atoms with E-state index in [9.17, 15) is 0 Å². The molecule has 1 saturated carbocycles. The molecule has 0 aromatic carbocycles. The topological polar surface area (TPSA) is 0 Å². The van der Waals surface area contributed by atoms with Crippen molar-refractivity contribution in [3.8, 4) is 0 Å². The van der Waals surface area contributed by atoms with E-state index < -0.39 is 0 Å². The Balaban J connectivity index is 2.03. The van der Waals surface area contributed by atoms with Gasteiger partial charge in [0.05, 0.1) is 0 Å². The van der Waals surface area contributed by atoms with Gasteiger partial charge in [0.1, 0.15) is 0 Å². The zero-order chi connectivity index (χ0) is 10.2. The first kappa shape index (κ1) is 12.6. The molecule has 2 heteroatoms. The van der Waals surface area contributed by atoms with E-state index in [1.165, 1.54) is 44.9 Å². The van der Waals surface area contributed by atoms with Gasteiger partial charge in [-0.3, -0.25) is 0 Å². The van der Waals surface area contributed by atoms with E-state index in [0.717, 1.165) is 24.6 Å². The van der Waals surface area contributed by atoms with Gasteiger partial charge in [-0.2, -0.15) is 0 Å². The largest absolute Gasteiger partial charge is 0.127 e. The van der Waals surface area contributed by atoms with Crippen molar-refractivity contribution < 1.29 is 0 Å². The molecule has 0 N–H and O–H groups in total. The molecule has 0 aliphatic heterocycles. The molecule has 1 atom stereocenters. The van der Waals surface area contributed by atoms with Crippen molar-refractivity contribution in [2.24, 2.45) is 5.92 Å². The minimum atomic E-state index is 0.404. The Morgan fingerprint density at radius 1 is 1.07 bits per heavy atom. The van der Waals surface area contributed by atoms with Crippen molar-refractivity contribution in [3.63, 3.8) is 0 Å². The summed E-state index contributed by atoms with van der Waals surface area (Å²) in [4.78, 5) is 0. The predicted octanol–water partition coefficient (Wildman–Crippen LogP) is 4.97. The van der Waals surface area contributed by atoms with Crippen molar-refractivity contribution in [3.05, 3.63) is 0 Å². The molecule has 1 fully saturated rings. The summed E-state index contributed by atoms with van der Waals surface area (Å²) in [7, 11) is 0. The fourth-order valence-corrected chi connectivity index (χ4v) is 2.96. The van der Waals surface area contributed by atoms with Crippen LogP contribution in [0.25, 0.3) is 0 Å². The molecular weight excluding hydrogens is 215 g/mol. The summed E-state index contributed by atoms with van der Waals surface area (Å²) in [6, 6.07) is 0. The lowest BCUT2D eigenvalue weighted by molar-refractivity contribution is 0.331. The van der Waals surface area contributed by atoms with Crippen LogP contribution in [0.1, 0.15) is 57.8 Å². The number of hydrogen-bond acceptors (Lipinski definition) is 0. The van der Waals surface area contributed by atoms with E-state index in [4.69, 9.17) is 23.2 Å². The fraction of sp³-hybridized carbons (Fsp3) is 1.00. The van der Waals surface area contributed by atoms with Crippen LogP contribution in [0.2, 0.25) is 0 Å². The van der Waals surface area contributed by atoms with E-state index in [-0.39, 0.29) is 0 Å². The Kier molecular flexibility index (Phi) is 7.06. The molecule has 1 unspecified atom stereocenters. The van der Waals surface area contributed by atoms with Crippen LogP contribution in [0, 0.1) is 5.92 Å². The van der Waals surface area contributed by atoms with Gasteiger partial charge in [0.2, 0.25) is 0 Å². The summed E-state index contributed by atoms with van der Waals surface area (Å²) in [5.74, 6) is 1.70. The van der Waals surface area contributed by atoms with Gasteiger partial charge in [0, 0.05) is 11.3 Å². The molecule has 14 heavy (non-hydrogen) atoms. The molecular formula is C12H22Cl2. The van der Waals surface area contributed by atoms with Crippen molar-refractivity contribution in [1.29, 1.82) is 0 Å². The molecule has 0 bridgehead atoms. The fourth-order valence-electron chi connectivity index (χ4n) is 2.36. The van der Waals surface area contributed by atoms with Gasteiger partial charge in [-0.05, 0) is 25.2 Å². The molecule has 0 saturated heterocycles. The van der Waals surface area contributed by atoms with E-state index in [0.29, 0.717) is 5.38 Å². The summed E-state index contributed by atoms with van der Waals surface area (Å²) in [5.41, 5.74) is 0. The lowest BCUT2D eigenvalue weighted by Crippen LogP contribution is -2.12. The van der Waals surface area contributed by atoms with Crippen molar-refractivity contribution in [2.75, 3.05) is 5.88 Å². The third-order valence-electron chi connectivity index (χ3n) is 3.21. The maximum Gasteiger partial charge on any atom is 0.0338 e. The van der Waals surface area contributed by atoms with Crippen LogP contribution in [0.3, 0.4) is 0 Å². The van der Waals surface area contributed by atoms with Crippen LogP contribution in [0.5, 0.6) is 0 Å². The first-order valence-corrected chi connectivity index (χ1v) is 7.00. The Labute approximate surface area is 98.4 Å². The highest BCUT2D eigenvalue weighted by atomic mass is 35.5. The first-order chi connectivity index (χ1) is 6.83. The number of alkyl halides is 2. The Morgan fingerprint density at radius 3 is 2.43 bits per heavy atom. The van der Waals surface area contributed by atoms with Gasteiger partial charge in [-0.15, -0.1) is 23.2 Å². The predicted molar refractivity (Wildman–Crippen MR) is 65.4 cm³/mol. The highest BCUT2D eigenvalue weighted by Gasteiger charge is 2.17. The van der Waals surface area contributed by atoms with Gasteiger partial charge < -0.3 is 0 Å². The molecule has 0 aromatic rings. The summed E-state index contributed by atoms with van der Waals surface area (Å²) in [5, 5.41) is 0.404. The van der Waals surface area contributed by atoms with Crippen LogP contribution in [-0.4, -0.2) is 11.3 Å². The quantitative estimate of drug-likeness (QED) is 0.451. The molecule has 0 spiro atoms. The number of hydrogen-bond donors (Lipinski definition) is 0. The number of halogens is 2. The third kappa shape index (κ3) is 5.46. The van der Waals surface area contributed by atoms with Gasteiger partial charge in [0.15, 0.2) is 0 Å². The lowest BCUT2D eigenvalue weighted by atomic mass is 9.85.